The van der Waals surface area contributed by atoms with Gasteiger partial charge in [0.05, 0.1) is 39.4 Å². The van der Waals surface area contributed by atoms with Crippen molar-refractivity contribution in [2.75, 3.05) is 13.2 Å². The van der Waals surface area contributed by atoms with Gasteiger partial charge in [0, 0.05) is 27.7 Å². The summed E-state index contributed by atoms with van der Waals surface area (Å²) >= 11 is 1.78. The Morgan fingerprint density at radius 1 is 0.358 bits per heavy atom. The Morgan fingerprint density at radius 2 is 0.672 bits per heavy atom. The van der Waals surface area contributed by atoms with E-state index in [-0.39, 0.29) is 28.9 Å². The Kier molecular flexibility index (Phi) is 17.6. The van der Waals surface area contributed by atoms with Gasteiger partial charge in [0.2, 0.25) is 0 Å². The highest BCUT2D eigenvalue weighted by atomic mass is 32.2. The number of thioether (sulfide) groups is 2. The summed E-state index contributed by atoms with van der Waals surface area (Å²) in [5.74, 6) is -6.67. The lowest BCUT2D eigenvalue weighted by molar-refractivity contribution is -0.194. The van der Waals surface area contributed by atoms with Crippen LogP contribution in [0.1, 0.15) is 69.1 Å². The van der Waals surface area contributed by atoms with Gasteiger partial charge in [-0.3, -0.25) is 19.2 Å². The first kappa shape index (κ1) is 49.7. The number of rotatable bonds is 16. The largest absolute Gasteiger partial charge is 0.465 e. The van der Waals surface area contributed by atoms with E-state index in [2.05, 4.69) is 0 Å². The molecule has 352 valence electrons. The van der Waals surface area contributed by atoms with Crippen LogP contribution in [-0.4, -0.2) is 119 Å². The Bertz CT molecular complexity index is 2370. The maximum absolute atomic E-state index is 14.1. The maximum atomic E-state index is 14.1. The van der Waals surface area contributed by atoms with Gasteiger partial charge in [-0.15, -0.1) is 23.5 Å². The Labute approximate surface area is 393 Å². The van der Waals surface area contributed by atoms with Gasteiger partial charge in [0.15, 0.2) is 42.1 Å². The fraction of sp³-hybridized carbons (Fsp3) is 0.333. The van der Waals surface area contributed by atoms with Crippen LogP contribution in [0.4, 0.5) is 0 Å². The lowest BCUT2D eigenvalue weighted by atomic mass is 10.0. The third kappa shape index (κ3) is 13.7. The molecule has 6 rings (SSSR count). The molecule has 2 aliphatic rings. The number of benzene rings is 4. The van der Waals surface area contributed by atoms with Crippen LogP contribution in [0.25, 0.3) is 0 Å². The zero-order chi connectivity index (χ0) is 48.0. The quantitative estimate of drug-likeness (QED) is 0.0960. The zero-order valence-corrected chi connectivity index (χ0v) is 38.1. The second-order valence-corrected chi connectivity index (χ2v) is 17.6. The Balaban J connectivity index is 1.46. The Hall–Kier alpha value is -6.70. The number of hydrogen-bond acceptors (Lipinski definition) is 19. The molecule has 2 aliphatic heterocycles. The van der Waals surface area contributed by atoms with Gasteiger partial charge in [-0.05, 0) is 48.5 Å². The predicted molar refractivity (Wildman–Crippen MR) is 238 cm³/mol. The molecule has 4 aromatic carbocycles. The van der Waals surface area contributed by atoms with Gasteiger partial charge in [0.1, 0.15) is 12.0 Å². The van der Waals surface area contributed by atoms with Crippen LogP contribution in [-0.2, 0) is 61.8 Å². The van der Waals surface area contributed by atoms with Crippen molar-refractivity contribution in [2.24, 2.45) is 0 Å². The minimum Gasteiger partial charge on any atom is -0.465 e. The summed E-state index contributed by atoms with van der Waals surface area (Å²) < 4.78 is 53.4. The van der Waals surface area contributed by atoms with E-state index in [4.69, 9.17) is 42.6 Å². The lowest BCUT2D eigenvalue weighted by Crippen LogP contribution is -2.61. The topological polar surface area (TPSA) is 220 Å². The van der Waals surface area contributed by atoms with E-state index in [1.165, 1.54) is 48.5 Å². The molecule has 0 saturated carbocycles. The van der Waals surface area contributed by atoms with Gasteiger partial charge >= 0.3 is 47.8 Å². The van der Waals surface area contributed by atoms with E-state index in [0.29, 0.717) is 0 Å². The van der Waals surface area contributed by atoms with Crippen LogP contribution >= 0.6 is 23.5 Å². The molecule has 0 bridgehead atoms. The first-order valence-corrected chi connectivity index (χ1v) is 22.7. The molecule has 19 heteroatoms. The smallest absolute Gasteiger partial charge is 0.339 e. The van der Waals surface area contributed by atoms with E-state index in [1.807, 2.05) is 0 Å². The molecule has 17 nitrogen and oxygen atoms in total. The van der Waals surface area contributed by atoms with Gasteiger partial charge in [-0.2, -0.15) is 0 Å². The van der Waals surface area contributed by atoms with E-state index >= 15 is 0 Å². The monoisotopic (exact) mass is 958 g/mol. The van der Waals surface area contributed by atoms with E-state index < -0.39 is 112 Å². The number of ether oxygens (including phenoxy) is 9. The molecule has 0 amide bonds. The normalized spacial score (nSPS) is 24.4. The minimum absolute atomic E-state index is 0.0770. The average Bonchev–Trinajstić information content (AvgIpc) is 3.31. The summed E-state index contributed by atoms with van der Waals surface area (Å²) in [6, 6.07) is 31.5. The van der Waals surface area contributed by atoms with E-state index in [9.17, 15) is 38.4 Å². The number of esters is 8. The molecular formula is C48H46O17S2. The second-order valence-electron chi connectivity index (χ2n) is 14.9. The molecule has 0 aromatic heterocycles. The number of carbonyl (C=O) groups excluding carboxylic acids is 8. The summed E-state index contributed by atoms with van der Waals surface area (Å²) in [6.07, 6.45) is -9.20. The van der Waals surface area contributed by atoms with E-state index in [0.717, 1.165) is 51.2 Å². The minimum atomic E-state index is -1.71. The number of hydrogen-bond donors (Lipinski definition) is 0. The molecule has 67 heavy (non-hydrogen) atoms. The molecule has 2 saturated heterocycles. The molecule has 2 heterocycles. The summed E-state index contributed by atoms with van der Waals surface area (Å²) in [4.78, 5) is 106. The van der Waals surface area contributed by atoms with Crippen molar-refractivity contribution in [3.05, 3.63) is 144 Å². The van der Waals surface area contributed by atoms with Crippen LogP contribution in [0, 0.1) is 0 Å². The van der Waals surface area contributed by atoms with Gasteiger partial charge in [-0.1, -0.05) is 72.8 Å². The highest BCUT2D eigenvalue weighted by molar-refractivity contribution is 8.00. The van der Waals surface area contributed by atoms with Crippen LogP contribution in [0.5, 0.6) is 0 Å². The first-order chi connectivity index (χ1) is 32.2. The number of carbonyl (C=O) groups is 8. The van der Waals surface area contributed by atoms with Crippen molar-refractivity contribution in [3.63, 3.8) is 0 Å². The molecule has 0 spiro atoms. The summed E-state index contributed by atoms with van der Waals surface area (Å²) in [7, 11) is 0. The van der Waals surface area contributed by atoms with Crippen LogP contribution < -0.4 is 0 Å². The first-order valence-electron chi connectivity index (χ1n) is 20.8. The fourth-order valence-corrected chi connectivity index (χ4v) is 9.82. The molecule has 10 atom stereocenters. The SMILES string of the molecule is CC(=O)OC[C@H]1S[C@H](OC[C@H]2S[C@H](OC(=O)c3ccccc3)[C@H](OC(=O)c3ccccc3)[C@@H](OC(=O)c3ccccc3)[C@@H]2OC(=O)c2ccccc2)[C@H](OC(C)=O)[C@@H](OC(C)=O)[C@@H]1OC(C)=O. The van der Waals surface area contributed by atoms with Crippen molar-refractivity contribution in [3.8, 4) is 0 Å². The molecule has 4 aromatic rings. The summed E-state index contributed by atoms with van der Waals surface area (Å²) in [5, 5.41) is -2.15. The standard InChI is InChI=1S/C48H46O17S2/c1-27(49)57-25-35-37(59-28(2)50)39(60-29(3)51)41(61-30(4)52)47(66-35)58-26-36-38(62-43(53)31-17-9-5-10-18-31)40(63-44(54)32-19-11-6-12-20-32)42(64-45(55)33-21-13-7-14-22-33)48(67-36)65-46(56)34-23-15-8-16-24-34/h5-24,35-42,47-48H,25-26H2,1-4H3/t35-,36-,37-,38-,39+,40+,41-,42-,47+,48+/m1/s1. The van der Waals surface area contributed by atoms with Crippen molar-refractivity contribution < 1.29 is 81.0 Å². The van der Waals surface area contributed by atoms with Gasteiger partial charge in [0.25, 0.3) is 0 Å². The van der Waals surface area contributed by atoms with Crippen molar-refractivity contribution in [1.82, 2.24) is 0 Å². The van der Waals surface area contributed by atoms with Crippen LogP contribution in [0.2, 0.25) is 0 Å². The van der Waals surface area contributed by atoms with Gasteiger partial charge in [-0.25, -0.2) is 19.2 Å². The van der Waals surface area contributed by atoms with Crippen molar-refractivity contribution in [1.29, 1.82) is 0 Å². The average molecular weight is 959 g/mol. The summed E-state index contributed by atoms with van der Waals surface area (Å²) in [6.45, 7) is 3.61. The highest BCUT2D eigenvalue weighted by Crippen LogP contribution is 2.43. The zero-order valence-electron chi connectivity index (χ0n) is 36.5. The van der Waals surface area contributed by atoms with E-state index in [1.54, 1.807) is 72.8 Å². The summed E-state index contributed by atoms with van der Waals surface area (Å²) in [5.41, 5.74) is -2.39. The molecule has 0 aliphatic carbocycles. The second kappa shape index (κ2) is 23.7. The molecule has 0 radical (unpaired) electrons. The molecule has 0 N–H and O–H groups in total. The lowest BCUT2D eigenvalue weighted by Gasteiger charge is -2.46. The van der Waals surface area contributed by atoms with Crippen LogP contribution in [0.15, 0.2) is 121 Å². The fourth-order valence-electron chi connectivity index (χ4n) is 7.07. The molecule has 2 fully saturated rings. The predicted octanol–water partition coefficient (Wildman–Crippen LogP) is 5.78. The molecular weight excluding hydrogens is 913 g/mol. The Morgan fingerprint density at radius 3 is 1.10 bits per heavy atom. The molecule has 0 unspecified atom stereocenters. The third-order valence-corrected chi connectivity index (χ3v) is 12.8. The third-order valence-electron chi connectivity index (χ3n) is 9.95. The van der Waals surface area contributed by atoms with Crippen molar-refractivity contribution >= 4 is 71.3 Å². The van der Waals surface area contributed by atoms with Gasteiger partial charge < -0.3 is 42.6 Å². The maximum Gasteiger partial charge on any atom is 0.339 e. The van der Waals surface area contributed by atoms with Crippen molar-refractivity contribution in [2.45, 2.75) is 85.7 Å². The van der Waals surface area contributed by atoms with Crippen LogP contribution in [0.3, 0.4) is 0 Å². The highest BCUT2D eigenvalue weighted by Gasteiger charge is 2.56.